The van der Waals surface area contributed by atoms with Gasteiger partial charge < -0.3 is 5.32 Å². The van der Waals surface area contributed by atoms with E-state index in [2.05, 4.69) is 53.4 Å². The molecule has 0 radical (unpaired) electrons. The maximum absolute atomic E-state index is 4.11. The highest BCUT2D eigenvalue weighted by molar-refractivity contribution is 5.50. The van der Waals surface area contributed by atoms with Crippen LogP contribution in [-0.2, 0) is 0 Å². The summed E-state index contributed by atoms with van der Waals surface area (Å²) in [5.41, 5.74) is 6.70. The van der Waals surface area contributed by atoms with Crippen molar-refractivity contribution in [1.29, 1.82) is 0 Å². The average Bonchev–Trinajstić information content (AvgIpc) is 2.25. The van der Waals surface area contributed by atoms with E-state index in [1.807, 2.05) is 0 Å². The summed E-state index contributed by atoms with van der Waals surface area (Å²) >= 11 is 0. The minimum atomic E-state index is 0.532. The zero-order valence-electron chi connectivity index (χ0n) is 12.3. The maximum Gasteiger partial charge on any atom is 0.0341 e. The fourth-order valence-corrected chi connectivity index (χ4v) is 2.62. The summed E-state index contributed by atoms with van der Waals surface area (Å²) in [6, 6.07) is 0. The van der Waals surface area contributed by atoms with E-state index >= 15 is 0 Å². The molecule has 1 unspecified atom stereocenters. The largest absolute Gasteiger partial charge is 0.359 e. The molecule has 1 aliphatic heterocycles. The van der Waals surface area contributed by atoms with Gasteiger partial charge in [-0.2, -0.15) is 0 Å². The summed E-state index contributed by atoms with van der Waals surface area (Å²) < 4.78 is 0. The quantitative estimate of drug-likeness (QED) is 0.736. The summed E-state index contributed by atoms with van der Waals surface area (Å²) in [5, 5.41) is 3.51. The Bertz CT molecular complexity index is 369. The van der Waals surface area contributed by atoms with Crippen LogP contribution in [0.25, 0.3) is 0 Å². The summed E-state index contributed by atoms with van der Waals surface area (Å²) in [6.07, 6.45) is 2.49. The highest BCUT2D eigenvalue weighted by Gasteiger charge is 2.24. The van der Waals surface area contributed by atoms with Crippen LogP contribution < -0.4 is 5.32 Å². The minimum absolute atomic E-state index is 0.532. The third-order valence-electron chi connectivity index (χ3n) is 3.79. The fraction of sp³-hybridized carbons (Fsp3) is 0.625. The number of hydrogen-bond acceptors (Lipinski definition) is 1. The number of allylic oxidation sites excluding steroid dienone is 4. The molecule has 1 heterocycles. The van der Waals surface area contributed by atoms with Gasteiger partial charge in [-0.05, 0) is 48.8 Å². The normalized spacial score (nSPS) is 18.9. The van der Waals surface area contributed by atoms with Crippen LogP contribution in [0.3, 0.4) is 0 Å². The van der Waals surface area contributed by atoms with Crippen LogP contribution in [0.5, 0.6) is 0 Å². The number of rotatable bonds is 4. The van der Waals surface area contributed by atoms with Gasteiger partial charge in [-0.25, -0.2) is 0 Å². The molecule has 0 aromatic rings. The highest BCUT2D eigenvalue weighted by atomic mass is 14.9. The summed E-state index contributed by atoms with van der Waals surface area (Å²) in [7, 11) is 0. The molecule has 1 aliphatic rings. The first kappa shape index (κ1) is 14.1. The van der Waals surface area contributed by atoms with E-state index in [4.69, 9.17) is 0 Å². The van der Waals surface area contributed by atoms with Gasteiger partial charge in [0.1, 0.15) is 0 Å². The van der Waals surface area contributed by atoms with Gasteiger partial charge in [-0.1, -0.05) is 40.7 Å². The van der Waals surface area contributed by atoms with Gasteiger partial charge in [0, 0.05) is 11.4 Å². The van der Waals surface area contributed by atoms with Crippen molar-refractivity contribution in [2.45, 2.75) is 54.4 Å². The molecule has 0 spiro atoms. The first-order valence-corrected chi connectivity index (χ1v) is 6.78. The Labute approximate surface area is 107 Å². The SMILES string of the molecule is C=C1NC(C(C)C)=C(C(C)CCC)C(C)=C1C. The van der Waals surface area contributed by atoms with E-state index in [-0.39, 0.29) is 0 Å². The second-order valence-corrected chi connectivity index (χ2v) is 5.53. The van der Waals surface area contributed by atoms with Crippen LogP contribution in [0.15, 0.2) is 34.7 Å². The lowest BCUT2D eigenvalue weighted by atomic mass is 9.82. The van der Waals surface area contributed by atoms with Crippen molar-refractivity contribution in [1.82, 2.24) is 5.32 Å². The lowest BCUT2D eigenvalue weighted by Gasteiger charge is -2.31. The number of hydrogen-bond donors (Lipinski definition) is 1. The van der Waals surface area contributed by atoms with Crippen molar-refractivity contribution < 1.29 is 0 Å². The van der Waals surface area contributed by atoms with Gasteiger partial charge in [0.15, 0.2) is 0 Å². The highest BCUT2D eigenvalue weighted by Crippen LogP contribution is 2.35. The molecule has 0 amide bonds. The molecular formula is C16H27N. The summed E-state index contributed by atoms with van der Waals surface area (Å²) in [4.78, 5) is 0. The molecule has 0 bridgehead atoms. The zero-order chi connectivity index (χ0) is 13.2. The van der Waals surface area contributed by atoms with Crippen LogP contribution >= 0.6 is 0 Å². The lowest BCUT2D eigenvalue weighted by molar-refractivity contribution is 0.567. The van der Waals surface area contributed by atoms with Crippen molar-refractivity contribution in [3.63, 3.8) is 0 Å². The molecule has 1 rings (SSSR count). The summed E-state index contributed by atoms with van der Waals surface area (Å²) in [6.45, 7) is 17.6. The minimum Gasteiger partial charge on any atom is -0.359 e. The second-order valence-electron chi connectivity index (χ2n) is 5.53. The van der Waals surface area contributed by atoms with E-state index in [0.29, 0.717) is 11.8 Å². The summed E-state index contributed by atoms with van der Waals surface area (Å²) in [5.74, 6) is 1.16. The molecular weight excluding hydrogens is 206 g/mol. The van der Waals surface area contributed by atoms with Gasteiger partial charge in [0.05, 0.1) is 0 Å². The van der Waals surface area contributed by atoms with E-state index in [1.54, 1.807) is 0 Å². The molecule has 1 nitrogen and oxygen atoms in total. The number of nitrogens with one attached hydrogen (secondary N) is 1. The Hall–Kier alpha value is -0.980. The Morgan fingerprint density at radius 2 is 1.71 bits per heavy atom. The van der Waals surface area contributed by atoms with Crippen LogP contribution in [-0.4, -0.2) is 0 Å². The lowest BCUT2D eigenvalue weighted by Crippen LogP contribution is -2.26. The van der Waals surface area contributed by atoms with Crippen LogP contribution in [0.2, 0.25) is 0 Å². The predicted octanol–water partition coefficient (Wildman–Crippen LogP) is 4.79. The molecule has 1 heteroatoms. The van der Waals surface area contributed by atoms with Crippen molar-refractivity contribution in [2.75, 3.05) is 0 Å². The second kappa shape index (κ2) is 5.57. The van der Waals surface area contributed by atoms with Crippen molar-refractivity contribution in [2.24, 2.45) is 11.8 Å². The molecule has 17 heavy (non-hydrogen) atoms. The molecule has 0 fully saturated rings. The van der Waals surface area contributed by atoms with Crippen LogP contribution in [0.4, 0.5) is 0 Å². The van der Waals surface area contributed by atoms with Crippen molar-refractivity contribution in [3.05, 3.63) is 34.7 Å². The third kappa shape index (κ3) is 2.83. The van der Waals surface area contributed by atoms with Gasteiger partial charge >= 0.3 is 0 Å². The van der Waals surface area contributed by atoms with Gasteiger partial charge in [-0.3, -0.25) is 0 Å². The van der Waals surface area contributed by atoms with Crippen LogP contribution in [0, 0.1) is 11.8 Å². The van der Waals surface area contributed by atoms with Crippen molar-refractivity contribution in [3.8, 4) is 0 Å². The molecule has 0 saturated heterocycles. The maximum atomic E-state index is 4.11. The van der Waals surface area contributed by atoms with E-state index < -0.39 is 0 Å². The molecule has 0 aliphatic carbocycles. The standard InChI is InChI=1S/C16H27N/c1-8-9-11(4)15-13(6)12(5)14(7)17-16(15)10(2)3/h10-11,17H,7-9H2,1-6H3. The Morgan fingerprint density at radius 3 is 2.18 bits per heavy atom. The van der Waals surface area contributed by atoms with E-state index in [9.17, 15) is 0 Å². The zero-order valence-corrected chi connectivity index (χ0v) is 12.3. The molecule has 1 N–H and O–H groups in total. The van der Waals surface area contributed by atoms with Crippen LogP contribution in [0.1, 0.15) is 54.4 Å². The molecule has 0 saturated carbocycles. The fourth-order valence-electron chi connectivity index (χ4n) is 2.62. The number of dihydropyridines is 1. The van der Waals surface area contributed by atoms with E-state index in [1.165, 1.54) is 35.3 Å². The molecule has 96 valence electrons. The monoisotopic (exact) mass is 233 g/mol. The molecule has 0 aromatic heterocycles. The van der Waals surface area contributed by atoms with Gasteiger partial charge in [0.2, 0.25) is 0 Å². The third-order valence-corrected chi connectivity index (χ3v) is 3.79. The van der Waals surface area contributed by atoms with Crippen molar-refractivity contribution >= 4 is 0 Å². The average molecular weight is 233 g/mol. The first-order chi connectivity index (χ1) is 7.90. The van der Waals surface area contributed by atoms with E-state index in [0.717, 1.165) is 5.70 Å². The molecule has 1 atom stereocenters. The van der Waals surface area contributed by atoms with Gasteiger partial charge in [0.25, 0.3) is 0 Å². The predicted molar refractivity (Wildman–Crippen MR) is 76.6 cm³/mol. The Morgan fingerprint density at radius 1 is 1.12 bits per heavy atom. The Kier molecular flexibility index (Phi) is 4.62. The topological polar surface area (TPSA) is 12.0 Å². The van der Waals surface area contributed by atoms with Gasteiger partial charge in [-0.15, -0.1) is 0 Å². The smallest absolute Gasteiger partial charge is 0.0341 e. The Balaban J connectivity index is 3.24. The first-order valence-electron chi connectivity index (χ1n) is 6.78. The molecule has 0 aromatic carbocycles.